The summed E-state index contributed by atoms with van der Waals surface area (Å²) in [6.45, 7) is 5.17. The molecule has 0 radical (unpaired) electrons. The number of rotatable bonds is 6. The molecule has 0 amide bonds. The van der Waals surface area contributed by atoms with Gasteiger partial charge in [-0.1, -0.05) is 13.8 Å². The standard InChI is InChI=1S/C34H42O17/c1-15(36)47-25-26(48-16(2)37)34(44)31-12-32(42,27(49-17(3)38)29(5,13-35)20(31)9-22(40)46-14-31)28(50-18(4)39)33(34,43)21-10-23(41)51-24(30(21,25)6)19-7-8-45-11-19/h7-8,11,20-21,24-28,35,42-44H,9-10,12-14H2,1-6H3. The molecule has 51 heavy (non-hydrogen) atoms. The summed E-state index contributed by atoms with van der Waals surface area (Å²) < 4.78 is 40.0. The third-order valence-electron chi connectivity index (χ3n) is 12.3. The minimum Gasteiger partial charge on any atom is -0.472 e. The quantitative estimate of drug-likeness (QED) is 0.219. The van der Waals surface area contributed by atoms with E-state index >= 15 is 0 Å². The van der Waals surface area contributed by atoms with Crippen molar-refractivity contribution in [2.45, 2.75) is 108 Å². The van der Waals surface area contributed by atoms with E-state index in [1.807, 2.05) is 0 Å². The zero-order chi connectivity index (χ0) is 37.7. The first-order chi connectivity index (χ1) is 23.7. The molecule has 0 aromatic carbocycles. The fourth-order valence-corrected chi connectivity index (χ4v) is 10.7. The van der Waals surface area contributed by atoms with Gasteiger partial charge in [0.05, 0.1) is 31.0 Å². The Morgan fingerprint density at radius 1 is 0.824 bits per heavy atom. The third kappa shape index (κ3) is 4.66. The van der Waals surface area contributed by atoms with Gasteiger partial charge >= 0.3 is 35.8 Å². The molecule has 2 aliphatic heterocycles. The van der Waals surface area contributed by atoms with Crippen LogP contribution in [0.2, 0.25) is 0 Å². The maximum Gasteiger partial charge on any atom is 0.306 e. The molecule has 13 atom stereocenters. The molecule has 5 fully saturated rings. The molecule has 17 nitrogen and oxygen atoms in total. The maximum absolute atomic E-state index is 13.8. The van der Waals surface area contributed by atoms with E-state index < -0.39 is 144 Å². The molecule has 4 N–H and O–H groups in total. The molecule has 1 spiro atoms. The van der Waals surface area contributed by atoms with Gasteiger partial charge < -0.3 is 53.3 Å². The number of cyclic esters (lactones) is 2. The smallest absolute Gasteiger partial charge is 0.306 e. The van der Waals surface area contributed by atoms with Crippen LogP contribution in [0.1, 0.15) is 72.5 Å². The predicted octanol–water partition coefficient (Wildman–Crippen LogP) is -0.211. The van der Waals surface area contributed by atoms with Crippen LogP contribution in [0, 0.1) is 28.1 Å². The lowest BCUT2D eigenvalue weighted by molar-refractivity contribution is -0.452. The van der Waals surface area contributed by atoms with E-state index in [0.29, 0.717) is 0 Å². The van der Waals surface area contributed by atoms with Gasteiger partial charge in [0.1, 0.15) is 35.6 Å². The Labute approximate surface area is 291 Å². The number of carbonyl (C=O) groups excluding carboxylic acids is 6. The molecule has 1 aromatic heterocycles. The summed E-state index contributed by atoms with van der Waals surface area (Å²) in [6, 6.07) is 1.44. The summed E-state index contributed by atoms with van der Waals surface area (Å²) >= 11 is 0. The Kier molecular flexibility index (Phi) is 8.45. The van der Waals surface area contributed by atoms with Crippen molar-refractivity contribution in [1.29, 1.82) is 0 Å². The predicted molar refractivity (Wildman–Crippen MR) is 162 cm³/mol. The van der Waals surface area contributed by atoms with Crippen LogP contribution in [0.25, 0.3) is 0 Å². The van der Waals surface area contributed by atoms with Crippen LogP contribution < -0.4 is 0 Å². The largest absolute Gasteiger partial charge is 0.472 e. The van der Waals surface area contributed by atoms with Crippen LogP contribution in [0.5, 0.6) is 0 Å². The number of aliphatic hydroxyl groups is 4. The molecule has 17 heteroatoms. The van der Waals surface area contributed by atoms with Gasteiger partial charge in [-0.3, -0.25) is 28.8 Å². The van der Waals surface area contributed by atoms with Gasteiger partial charge in [-0.25, -0.2) is 0 Å². The first-order valence-electron chi connectivity index (χ1n) is 16.5. The highest BCUT2D eigenvalue weighted by atomic mass is 16.6. The number of ether oxygens (including phenoxy) is 6. The average molecular weight is 723 g/mol. The Morgan fingerprint density at radius 2 is 1.39 bits per heavy atom. The van der Waals surface area contributed by atoms with E-state index in [0.717, 1.165) is 27.7 Å². The number of esters is 6. The lowest BCUT2D eigenvalue weighted by atomic mass is 9.31. The summed E-state index contributed by atoms with van der Waals surface area (Å²) in [5, 5.41) is 51.7. The molecule has 3 heterocycles. The van der Waals surface area contributed by atoms with Crippen molar-refractivity contribution in [3.8, 4) is 0 Å². The van der Waals surface area contributed by atoms with E-state index in [1.165, 1.54) is 32.4 Å². The first-order valence-corrected chi connectivity index (χ1v) is 16.5. The number of furan rings is 1. The van der Waals surface area contributed by atoms with Gasteiger partial charge in [-0.05, 0) is 18.4 Å². The number of aliphatic hydroxyl groups excluding tert-OH is 1. The second-order valence-corrected chi connectivity index (χ2v) is 15.1. The molecule has 3 saturated carbocycles. The Morgan fingerprint density at radius 3 is 1.94 bits per heavy atom. The molecule has 1 aromatic rings. The molecular formula is C34H42O17. The van der Waals surface area contributed by atoms with Crippen molar-refractivity contribution in [2.24, 2.45) is 28.1 Å². The number of carbonyl (C=O) groups is 6. The molecule has 280 valence electrons. The van der Waals surface area contributed by atoms with E-state index in [4.69, 9.17) is 32.8 Å². The molecule has 2 bridgehead atoms. The Bertz CT molecular complexity index is 1660. The highest BCUT2D eigenvalue weighted by molar-refractivity contribution is 5.75. The second-order valence-electron chi connectivity index (χ2n) is 15.1. The summed E-state index contributed by atoms with van der Waals surface area (Å²) in [4.78, 5) is 78.5. The second kappa shape index (κ2) is 11.7. The van der Waals surface area contributed by atoms with Crippen molar-refractivity contribution in [2.75, 3.05) is 13.2 Å². The lowest BCUT2D eigenvalue weighted by Gasteiger charge is -2.78. The van der Waals surface area contributed by atoms with E-state index in [1.54, 1.807) is 0 Å². The van der Waals surface area contributed by atoms with Crippen LogP contribution >= 0.6 is 0 Å². The first kappa shape index (κ1) is 36.7. The zero-order valence-electron chi connectivity index (χ0n) is 28.9. The highest BCUT2D eigenvalue weighted by Crippen LogP contribution is 2.76. The summed E-state index contributed by atoms with van der Waals surface area (Å²) in [6.07, 6.45) is -9.04. The lowest BCUT2D eigenvalue weighted by Crippen LogP contribution is -2.95. The monoisotopic (exact) mass is 722 g/mol. The fourth-order valence-electron chi connectivity index (χ4n) is 10.7. The van der Waals surface area contributed by atoms with Crippen LogP contribution in [0.3, 0.4) is 0 Å². The molecule has 2 saturated heterocycles. The average Bonchev–Trinajstić information content (AvgIpc) is 3.57. The summed E-state index contributed by atoms with van der Waals surface area (Å²) in [7, 11) is 0. The minimum atomic E-state index is -3.10. The Hall–Kier alpha value is -4.06. The molecular weight excluding hydrogens is 680 g/mol. The molecule has 6 rings (SSSR count). The molecule has 13 unspecified atom stereocenters. The van der Waals surface area contributed by atoms with Crippen molar-refractivity contribution in [1.82, 2.24) is 0 Å². The maximum atomic E-state index is 13.8. The summed E-state index contributed by atoms with van der Waals surface area (Å²) in [5.41, 5.74) is -14.5. The fraction of sp³-hybridized carbons (Fsp3) is 0.706. The van der Waals surface area contributed by atoms with Crippen LogP contribution in [-0.4, -0.2) is 111 Å². The molecule has 5 aliphatic rings. The van der Waals surface area contributed by atoms with Crippen LogP contribution in [0.15, 0.2) is 23.0 Å². The van der Waals surface area contributed by atoms with Crippen molar-refractivity contribution in [3.63, 3.8) is 0 Å². The minimum absolute atomic E-state index is 0.204. The SMILES string of the molecule is CC(=O)OC1C(C)(CO)C2CC(=O)OCC23CC1(O)C(OC(C)=O)C1(O)C2CC(=O)OC(c4ccoc4)C2(C)C(OC(C)=O)C(OC(C)=O)C31O. The van der Waals surface area contributed by atoms with Gasteiger partial charge in [0.2, 0.25) is 0 Å². The van der Waals surface area contributed by atoms with Crippen LogP contribution in [0.4, 0.5) is 0 Å². The number of fused-ring (bicyclic) bond motifs is 4. The van der Waals surface area contributed by atoms with Gasteiger partial charge in [0.25, 0.3) is 0 Å². The number of hydrogen-bond donors (Lipinski definition) is 4. The topological polar surface area (TPSA) is 252 Å². The van der Waals surface area contributed by atoms with Gasteiger partial charge in [-0.2, -0.15) is 0 Å². The van der Waals surface area contributed by atoms with E-state index in [-0.39, 0.29) is 5.56 Å². The molecule has 3 aliphatic carbocycles. The van der Waals surface area contributed by atoms with Gasteiger partial charge in [-0.15, -0.1) is 0 Å². The van der Waals surface area contributed by atoms with E-state index in [2.05, 4.69) is 0 Å². The summed E-state index contributed by atoms with van der Waals surface area (Å²) in [5.74, 6) is -8.79. The number of hydrogen-bond acceptors (Lipinski definition) is 17. The highest BCUT2D eigenvalue weighted by Gasteiger charge is 2.92. The van der Waals surface area contributed by atoms with Gasteiger partial charge in [0.15, 0.2) is 18.3 Å². The van der Waals surface area contributed by atoms with Gasteiger partial charge in [0, 0.05) is 56.4 Å². The van der Waals surface area contributed by atoms with Crippen molar-refractivity contribution >= 4 is 35.8 Å². The zero-order valence-corrected chi connectivity index (χ0v) is 28.9. The normalized spacial score (nSPS) is 45.4. The van der Waals surface area contributed by atoms with Crippen molar-refractivity contribution < 1.29 is 82.0 Å². The Balaban J connectivity index is 1.79. The van der Waals surface area contributed by atoms with Crippen molar-refractivity contribution in [3.05, 3.63) is 24.2 Å². The van der Waals surface area contributed by atoms with E-state index in [9.17, 15) is 49.2 Å². The third-order valence-corrected chi connectivity index (χ3v) is 12.3. The van der Waals surface area contributed by atoms with Crippen LogP contribution in [-0.2, 0) is 57.2 Å².